The van der Waals surface area contributed by atoms with Gasteiger partial charge in [0.05, 0.1) is 12.2 Å². The van der Waals surface area contributed by atoms with E-state index < -0.39 is 0 Å². The van der Waals surface area contributed by atoms with Crippen molar-refractivity contribution in [2.75, 3.05) is 44.7 Å². The number of benzene rings is 1. The molecule has 1 aromatic carbocycles. The summed E-state index contributed by atoms with van der Waals surface area (Å²) in [5.74, 6) is 2.36. The minimum atomic E-state index is -0.0463. The Kier molecular flexibility index (Phi) is 6.16. The summed E-state index contributed by atoms with van der Waals surface area (Å²) < 4.78 is 11.7. The molecule has 2 aromatic rings. The van der Waals surface area contributed by atoms with Gasteiger partial charge in [0.15, 0.2) is 22.6 Å². The molecule has 0 saturated carbocycles. The molecule has 1 fully saturated rings. The van der Waals surface area contributed by atoms with E-state index in [9.17, 15) is 0 Å². The zero-order valence-corrected chi connectivity index (χ0v) is 17.0. The second-order valence-corrected chi connectivity index (χ2v) is 7.78. The quantitative estimate of drug-likeness (QED) is 0.572. The minimum absolute atomic E-state index is 0.0463. The highest BCUT2D eigenvalue weighted by Gasteiger charge is 2.20. The Hall–Kier alpha value is -2.48. The Bertz CT molecular complexity index is 803. The van der Waals surface area contributed by atoms with E-state index in [2.05, 4.69) is 25.9 Å². The maximum atomic E-state index is 5.97. The van der Waals surface area contributed by atoms with E-state index in [4.69, 9.17) is 14.5 Å². The van der Waals surface area contributed by atoms with Gasteiger partial charge in [0, 0.05) is 38.5 Å². The largest absolute Gasteiger partial charge is 0.486 e. The van der Waals surface area contributed by atoms with Crippen molar-refractivity contribution in [1.29, 1.82) is 0 Å². The summed E-state index contributed by atoms with van der Waals surface area (Å²) in [5.41, 5.74) is 1.13. The third-order valence-corrected chi connectivity index (χ3v) is 5.83. The number of hydrogen-bond donors (Lipinski definition) is 2. The molecule has 0 bridgehead atoms. The van der Waals surface area contributed by atoms with Crippen LogP contribution in [-0.4, -0.2) is 56.9 Å². The fourth-order valence-electron chi connectivity index (χ4n) is 3.37. The molecule has 1 unspecified atom stereocenters. The van der Waals surface area contributed by atoms with E-state index >= 15 is 0 Å². The van der Waals surface area contributed by atoms with Crippen molar-refractivity contribution in [2.45, 2.75) is 25.4 Å². The fraction of sp³-hybridized carbons (Fsp3) is 0.500. The van der Waals surface area contributed by atoms with E-state index in [-0.39, 0.29) is 6.10 Å². The van der Waals surface area contributed by atoms with E-state index in [0.29, 0.717) is 13.2 Å². The van der Waals surface area contributed by atoms with Gasteiger partial charge in [0.2, 0.25) is 0 Å². The highest BCUT2D eigenvalue weighted by Crippen LogP contribution is 2.30. The number of hydrogen-bond acceptors (Lipinski definition) is 6. The van der Waals surface area contributed by atoms with Crippen LogP contribution < -0.4 is 25.0 Å². The smallest absolute Gasteiger partial charge is 0.191 e. The summed E-state index contributed by atoms with van der Waals surface area (Å²) in [4.78, 5) is 11.4. The van der Waals surface area contributed by atoms with Crippen molar-refractivity contribution in [3.05, 3.63) is 35.3 Å². The first-order valence-electron chi connectivity index (χ1n) is 9.84. The molecule has 3 heterocycles. The molecule has 2 aliphatic rings. The van der Waals surface area contributed by atoms with E-state index in [0.717, 1.165) is 54.3 Å². The first kappa shape index (κ1) is 18.9. The summed E-state index contributed by atoms with van der Waals surface area (Å²) in [7, 11) is 1.77. The summed E-state index contributed by atoms with van der Waals surface area (Å²) in [5, 5.41) is 9.98. The summed E-state index contributed by atoms with van der Waals surface area (Å²) in [6.07, 6.45) is 3.39. The van der Waals surface area contributed by atoms with Crippen LogP contribution in [0.3, 0.4) is 0 Å². The van der Waals surface area contributed by atoms with Gasteiger partial charge in [-0.25, -0.2) is 4.98 Å². The summed E-state index contributed by atoms with van der Waals surface area (Å²) >= 11 is 1.75. The van der Waals surface area contributed by atoms with Gasteiger partial charge in [-0.05, 0) is 25.0 Å². The molecule has 8 heteroatoms. The van der Waals surface area contributed by atoms with Crippen LogP contribution in [0.4, 0.5) is 5.13 Å². The Morgan fingerprint density at radius 1 is 1.25 bits per heavy atom. The molecule has 1 aromatic heterocycles. The zero-order chi connectivity index (χ0) is 19.2. The topological polar surface area (TPSA) is 71.0 Å². The number of rotatable bonds is 6. The van der Waals surface area contributed by atoms with Crippen LogP contribution in [0, 0.1) is 0 Å². The zero-order valence-electron chi connectivity index (χ0n) is 16.2. The number of guanidine groups is 1. The molecular formula is C20H27N5O2S. The Balaban J connectivity index is 1.19. The molecule has 4 rings (SSSR count). The van der Waals surface area contributed by atoms with Crippen LogP contribution in [0.15, 0.2) is 34.6 Å². The van der Waals surface area contributed by atoms with Crippen LogP contribution in [-0.2, 0) is 6.42 Å². The van der Waals surface area contributed by atoms with Gasteiger partial charge < -0.3 is 25.0 Å². The second kappa shape index (κ2) is 9.14. The number of aliphatic imine (C=N–C) groups is 1. The Morgan fingerprint density at radius 3 is 2.89 bits per heavy atom. The van der Waals surface area contributed by atoms with Crippen LogP contribution in [0.25, 0.3) is 0 Å². The average molecular weight is 402 g/mol. The predicted molar refractivity (Wildman–Crippen MR) is 113 cm³/mol. The van der Waals surface area contributed by atoms with Crippen molar-refractivity contribution < 1.29 is 9.47 Å². The molecule has 0 amide bonds. The fourth-order valence-corrected chi connectivity index (χ4v) is 4.28. The standard InChI is InChI=1S/C20H27N5O2S/c1-21-19(23-12-16-13-26-17-6-2-3-7-18(17)27-16)22-9-8-15-14-28-20(24-15)25-10-4-5-11-25/h2-3,6-7,14,16H,4-5,8-13H2,1H3,(H2,21,22,23). The van der Waals surface area contributed by atoms with Crippen molar-refractivity contribution in [3.63, 3.8) is 0 Å². The average Bonchev–Trinajstić information content (AvgIpc) is 3.42. The molecule has 28 heavy (non-hydrogen) atoms. The molecule has 2 N–H and O–H groups in total. The maximum Gasteiger partial charge on any atom is 0.191 e. The molecule has 0 spiro atoms. The Labute approximate surface area is 169 Å². The molecule has 0 radical (unpaired) electrons. The lowest BCUT2D eigenvalue weighted by atomic mass is 10.2. The van der Waals surface area contributed by atoms with Gasteiger partial charge in [0.1, 0.15) is 12.7 Å². The van der Waals surface area contributed by atoms with Crippen LogP contribution in [0.5, 0.6) is 11.5 Å². The van der Waals surface area contributed by atoms with E-state index in [1.807, 2.05) is 24.3 Å². The number of ether oxygens (including phenoxy) is 2. The number of aromatic nitrogens is 1. The van der Waals surface area contributed by atoms with Crippen LogP contribution in [0.2, 0.25) is 0 Å². The predicted octanol–water partition coefficient (Wildman–Crippen LogP) is 2.29. The minimum Gasteiger partial charge on any atom is -0.486 e. The second-order valence-electron chi connectivity index (χ2n) is 6.94. The summed E-state index contributed by atoms with van der Waals surface area (Å²) in [6.45, 7) is 4.22. The number of fused-ring (bicyclic) bond motifs is 1. The Morgan fingerprint density at radius 2 is 2.07 bits per heavy atom. The van der Waals surface area contributed by atoms with Crippen LogP contribution >= 0.6 is 11.3 Å². The van der Waals surface area contributed by atoms with E-state index in [1.54, 1.807) is 18.4 Å². The number of anilines is 1. The van der Waals surface area contributed by atoms with Gasteiger partial charge in [-0.2, -0.15) is 0 Å². The monoisotopic (exact) mass is 401 g/mol. The first-order chi connectivity index (χ1) is 13.8. The van der Waals surface area contributed by atoms with Crippen molar-refractivity contribution >= 4 is 22.4 Å². The number of para-hydroxylation sites is 2. The first-order valence-corrected chi connectivity index (χ1v) is 10.7. The normalized spacial score (nSPS) is 19.0. The number of thiazole rings is 1. The van der Waals surface area contributed by atoms with Crippen molar-refractivity contribution in [3.8, 4) is 11.5 Å². The molecule has 1 saturated heterocycles. The molecule has 7 nitrogen and oxygen atoms in total. The van der Waals surface area contributed by atoms with Gasteiger partial charge in [-0.15, -0.1) is 11.3 Å². The van der Waals surface area contributed by atoms with E-state index in [1.165, 1.54) is 12.8 Å². The molecule has 150 valence electrons. The SMILES string of the molecule is CN=C(NCCc1csc(N2CCCC2)n1)NCC1COc2ccccc2O1. The lowest BCUT2D eigenvalue weighted by Crippen LogP contribution is -2.45. The van der Waals surface area contributed by atoms with Crippen molar-refractivity contribution in [2.24, 2.45) is 4.99 Å². The third-order valence-electron chi connectivity index (χ3n) is 4.88. The highest BCUT2D eigenvalue weighted by atomic mass is 32.1. The molecule has 1 atom stereocenters. The molecular weight excluding hydrogens is 374 g/mol. The molecule has 0 aliphatic carbocycles. The number of nitrogens with zero attached hydrogens (tertiary/aromatic N) is 3. The van der Waals surface area contributed by atoms with Gasteiger partial charge in [0.25, 0.3) is 0 Å². The van der Waals surface area contributed by atoms with Gasteiger partial charge in [-0.3, -0.25) is 4.99 Å². The van der Waals surface area contributed by atoms with Gasteiger partial charge >= 0.3 is 0 Å². The summed E-state index contributed by atoms with van der Waals surface area (Å²) in [6, 6.07) is 7.75. The van der Waals surface area contributed by atoms with Crippen molar-refractivity contribution in [1.82, 2.24) is 15.6 Å². The number of nitrogens with one attached hydrogen (secondary N) is 2. The lowest BCUT2D eigenvalue weighted by molar-refractivity contribution is 0.0936. The maximum absolute atomic E-state index is 5.97. The third kappa shape index (κ3) is 4.67. The van der Waals surface area contributed by atoms with Gasteiger partial charge in [-0.1, -0.05) is 12.1 Å². The highest BCUT2D eigenvalue weighted by molar-refractivity contribution is 7.13. The van der Waals surface area contributed by atoms with Crippen LogP contribution in [0.1, 0.15) is 18.5 Å². The lowest BCUT2D eigenvalue weighted by Gasteiger charge is -2.27. The molecule has 2 aliphatic heterocycles.